The van der Waals surface area contributed by atoms with Gasteiger partial charge < -0.3 is 10.1 Å². The second kappa shape index (κ2) is 5.35. The van der Waals surface area contributed by atoms with Crippen LogP contribution in [0.1, 0.15) is 27.2 Å². The summed E-state index contributed by atoms with van der Waals surface area (Å²) in [6.07, 6.45) is 0.0680. The minimum Gasteiger partial charge on any atom is -0.373 e. The molecule has 1 unspecified atom stereocenters. The predicted molar refractivity (Wildman–Crippen MR) is 49.2 cm³/mol. The predicted octanol–water partition coefficient (Wildman–Crippen LogP) is 1.61. The van der Waals surface area contributed by atoms with Crippen LogP contribution in [0.4, 0.5) is 4.79 Å². The monoisotopic (exact) mass is 185 g/mol. The van der Waals surface area contributed by atoms with Crippen molar-refractivity contribution in [2.45, 2.75) is 33.2 Å². The molecule has 0 aromatic rings. The highest BCUT2D eigenvalue weighted by Gasteiger charge is 2.11. The highest BCUT2D eigenvalue weighted by molar-refractivity contribution is 5.94. The van der Waals surface area contributed by atoms with Crippen molar-refractivity contribution in [2.24, 2.45) is 0 Å². The zero-order valence-electron chi connectivity index (χ0n) is 8.22. The number of rotatable bonds is 3. The Morgan fingerprint density at radius 1 is 1.54 bits per heavy atom. The molecule has 4 heteroatoms. The van der Waals surface area contributed by atoms with Crippen LogP contribution in [0.5, 0.6) is 0 Å². The lowest BCUT2D eigenvalue weighted by molar-refractivity contribution is -0.132. The number of hydrogen-bond acceptors (Lipinski definition) is 3. The van der Waals surface area contributed by atoms with Gasteiger partial charge in [-0.05, 0) is 20.3 Å². The molecule has 1 atom stereocenters. The third kappa shape index (κ3) is 5.00. The molecule has 1 amide bonds. The molecule has 0 aliphatic heterocycles. The fourth-order valence-electron chi connectivity index (χ4n) is 0.504. The number of carbonyl (C=O) groups excluding carboxylic acids is 2. The number of hydrogen-bond donors (Lipinski definition) is 1. The first-order valence-electron chi connectivity index (χ1n) is 4.15. The molecule has 0 bridgehead atoms. The SMILES string of the molecule is C=C(C)C(=O)OC(=O)NC(C)CC. The number of carbonyl (C=O) groups is 2. The lowest BCUT2D eigenvalue weighted by atomic mass is 10.3. The van der Waals surface area contributed by atoms with Gasteiger partial charge in [-0.1, -0.05) is 13.5 Å². The van der Waals surface area contributed by atoms with Crippen molar-refractivity contribution in [1.29, 1.82) is 0 Å². The van der Waals surface area contributed by atoms with Crippen LogP contribution >= 0.6 is 0 Å². The van der Waals surface area contributed by atoms with Gasteiger partial charge in [0, 0.05) is 11.6 Å². The van der Waals surface area contributed by atoms with E-state index in [1.54, 1.807) is 0 Å². The van der Waals surface area contributed by atoms with Crippen molar-refractivity contribution < 1.29 is 14.3 Å². The fraction of sp³-hybridized carbons (Fsp3) is 0.556. The average Bonchev–Trinajstić information content (AvgIpc) is 2.03. The Hall–Kier alpha value is -1.32. The lowest BCUT2D eigenvalue weighted by Crippen LogP contribution is -2.34. The molecule has 0 aromatic carbocycles. The summed E-state index contributed by atoms with van der Waals surface area (Å²) in [6, 6.07) is 0.00502. The highest BCUT2D eigenvalue weighted by Crippen LogP contribution is 1.94. The van der Waals surface area contributed by atoms with E-state index in [9.17, 15) is 9.59 Å². The molecule has 13 heavy (non-hydrogen) atoms. The van der Waals surface area contributed by atoms with E-state index < -0.39 is 12.1 Å². The van der Waals surface area contributed by atoms with Gasteiger partial charge in [0.1, 0.15) is 0 Å². The summed E-state index contributed by atoms with van der Waals surface area (Å²) < 4.78 is 4.40. The zero-order chi connectivity index (χ0) is 10.4. The van der Waals surface area contributed by atoms with Crippen molar-refractivity contribution in [3.63, 3.8) is 0 Å². The maximum atomic E-state index is 10.9. The third-order valence-corrected chi connectivity index (χ3v) is 1.51. The topological polar surface area (TPSA) is 55.4 Å². The molecule has 4 nitrogen and oxygen atoms in total. The van der Waals surface area contributed by atoms with E-state index in [4.69, 9.17) is 0 Å². The van der Waals surface area contributed by atoms with Crippen LogP contribution < -0.4 is 5.32 Å². The zero-order valence-corrected chi connectivity index (χ0v) is 8.22. The van der Waals surface area contributed by atoms with Crippen LogP contribution in [-0.4, -0.2) is 18.1 Å². The Morgan fingerprint density at radius 3 is 2.46 bits per heavy atom. The normalized spacial score (nSPS) is 11.6. The van der Waals surface area contributed by atoms with Gasteiger partial charge in [0.15, 0.2) is 0 Å². The summed E-state index contributed by atoms with van der Waals surface area (Å²) in [4.78, 5) is 21.8. The van der Waals surface area contributed by atoms with E-state index in [-0.39, 0.29) is 11.6 Å². The molecule has 1 N–H and O–H groups in total. The van der Waals surface area contributed by atoms with Gasteiger partial charge in [0.25, 0.3) is 0 Å². The maximum absolute atomic E-state index is 10.9. The van der Waals surface area contributed by atoms with E-state index in [0.717, 1.165) is 6.42 Å². The van der Waals surface area contributed by atoms with Crippen LogP contribution in [0.25, 0.3) is 0 Å². The van der Waals surface area contributed by atoms with E-state index in [0.29, 0.717) is 0 Å². The van der Waals surface area contributed by atoms with Crippen molar-refractivity contribution in [1.82, 2.24) is 5.32 Å². The Balaban J connectivity index is 3.88. The number of amides is 1. The largest absolute Gasteiger partial charge is 0.415 e. The summed E-state index contributed by atoms with van der Waals surface area (Å²) in [5, 5.41) is 2.49. The van der Waals surface area contributed by atoms with Crippen LogP contribution in [-0.2, 0) is 9.53 Å². The highest BCUT2D eigenvalue weighted by atomic mass is 16.6. The van der Waals surface area contributed by atoms with Crippen molar-refractivity contribution in [3.8, 4) is 0 Å². The summed E-state index contributed by atoms with van der Waals surface area (Å²) in [5.74, 6) is -0.694. The molecule has 0 saturated carbocycles. The third-order valence-electron chi connectivity index (χ3n) is 1.51. The van der Waals surface area contributed by atoms with Gasteiger partial charge in [-0.3, -0.25) is 0 Å². The van der Waals surface area contributed by atoms with Gasteiger partial charge >= 0.3 is 12.1 Å². The summed E-state index contributed by atoms with van der Waals surface area (Å²) in [6.45, 7) is 8.59. The van der Waals surface area contributed by atoms with E-state index in [1.165, 1.54) is 6.92 Å². The average molecular weight is 185 g/mol. The molecular weight excluding hydrogens is 170 g/mol. The standard InChI is InChI=1S/C9H15NO3/c1-5-7(4)10-9(12)13-8(11)6(2)3/h7H,2,5H2,1,3-4H3,(H,10,12). The van der Waals surface area contributed by atoms with Crippen molar-refractivity contribution >= 4 is 12.1 Å². The maximum Gasteiger partial charge on any atom is 0.415 e. The Bertz CT molecular complexity index is 223. The second-order valence-electron chi connectivity index (χ2n) is 2.91. The molecule has 0 fully saturated rings. The molecule has 0 rings (SSSR count). The molecule has 0 aliphatic carbocycles. The Labute approximate surface area is 78.0 Å². The number of alkyl carbamates (subject to hydrolysis) is 1. The number of esters is 1. The van der Waals surface area contributed by atoms with Crippen molar-refractivity contribution in [2.75, 3.05) is 0 Å². The molecule has 0 aliphatic rings. The van der Waals surface area contributed by atoms with Crippen molar-refractivity contribution in [3.05, 3.63) is 12.2 Å². The number of ether oxygens (including phenoxy) is 1. The van der Waals surface area contributed by atoms with E-state index >= 15 is 0 Å². The Kier molecular flexibility index (Phi) is 4.80. The number of nitrogens with one attached hydrogen (secondary N) is 1. The summed E-state index contributed by atoms with van der Waals surface area (Å²) in [7, 11) is 0. The fourth-order valence-corrected chi connectivity index (χ4v) is 0.504. The summed E-state index contributed by atoms with van der Waals surface area (Å²) >= 11 is 0. The van der Waals surface area contributed by atoms with Crippen LogP contribution in [0.2, 0.25) is 0 Å². The van der Waals surface area contributed by atoms with Gasteiger partial charge in [-0.15, -0.1) is 0 Å². The van der Waals surface area contributed by atoms with Gasteiger partial charge in [0.05, 0.1) is 0 Å². The van der Waals surface area contributed by atoms with Crippen LogP contribution in [0.15, 0.2) is 12.2 Å². The lowest BCUT2D eigenvalue weighted by Gasteiger charge is -2.10. The molecule has 0 aromatic heterocycles. The minimum absolute atomic E-state index is 0.00502. The van der Waals surface area contributed by atoms with Gasteiger partial charge in [-0.25, -0.2) is 9.59 Å². The molecule has 0 heterocycles. The molecular formula is C9H15NO3. The Morgan fingerprint density at radius 2 is 2.08 bits per heavy atom. The quantitative estimate of drug-likeness (QED) is 0.413. The first-order valence-corrected chi connectivity index (χ1v) is 4.15. The first kappa shape index (κ1) is 11.7. The van der Waals surface area contributed by atoms with Crippen LogP contribution in [0, 0.1) is 0 Å². The van der Waals surface area contributed by atoms with Crippen LogP contribution in [0.3, 0.4) is 0 Å². The van der Waals surface area contributed by atoms with E-state index in [1.807, 2.05) is 13.8 Å². The molecule has 0 saturated heterocycles. The smallest absolute Gasteiger partial charge is 0.373 e. The molecule has 0 spiro atoms. The van der Waals surface area contributed by atoms with E-state index in [2.05, 4.69) is 16.6 Å². The minimum atomic E-state index is -0.720. The summed E-state index contributed by atoms with van der Waals surface area (Å²) in [5.41, 5.74) is 0.208. The van der Waals surface area contributed by atoms with Gasteiger partial charge in [0.2, 0.25) is 0 Å². The molecule has 74 valence electrons. The first-order chi connectivity index (χ1) is 5.97. The van der Waals surface area contributed by atoms with Gasteiger partial charge in [-0.2, -0.15) is 0 Å². The molecule has 0 radical (unpaired) electrons. The second-order valence-corrected chi connectivity index (χ2v) is 2.91.